The van der Waals surface area contributed by atoms with Crippen LogP contribution in [-0.4, -0.2) is 17.9 Å². The van der Waals surface area contributed by atoms with E-state index in [1.165, 1.54) is 0 Å². The van der Waals surface area contributed by atoms with Crippen molar-refractivity contribution in [2.24, 2.45) is 5.92 Å². The topological polar surface area (TPSA) is 43.4 Å². The fourth-order valence-corrected chi connectivity index (χ4v) is 1.28. The van der Waals surface area contributed by atoms with Gasteiger partial charge in [0, 0.05) is 0 Å². The van der Waals surface area contributed by atoms with Gasteiger partial charge < -0.3 is 4.74 Å². The van der Waals surface area contributed by atoms with E-state index in [2.05, 4.69) is 6.58 Å². The SMILES string of the molecule is C=CC[C@H]1C(=O)O[C@H](CC)C1=O. The molecule has 1 heterocycles. The van der Waals surface area contributed by atoms with Crippen LogP contribution in [0.4, 0.5) is 0 Å². The van der Waals surface area contributed by atoms with E-state index in [4.69, 9.17) is 4.74 Å². The van der Waals surface area contributed by atoms with E-state index >= 15 is 0 Å². The Labute approximate surface area is 71.4 Å². The van der Waals surface area contributed by atoms with Crippen molar-refractivity contribution < 1.29 is 14.3 Å². The second-order valence-corrected chi connectivity index (χ2v) is 2.81. The van der Waals surface area contributed by atoms with Gasteiger partial charge in [-0.15, -0.1) is 6.58 Å². The zero-order valence-electron chi connectivity index (χ0n) is 7.08. The average Bonchev–Trinajstić information content (AvgIpc) is 2.32. The highest BCUT2D eigenvalue weighted by Crippen LogP contribution is 2.22. The first-order valence-corrected chi connectivity index (χ1v) is 4.05. The molecule has 0 unspecified atom stereocenters. The van der Waals surface area contributed by atoms with E-state index in [9.17, 15) is 9.59 Å². The van der Waals surface area contributed by atoms with Crippen molar-refractivity contribution >= 4 is 11.8 Å². The van der Waals surface area contributed by atoms with Crippen molar-refractivity contribution in [1.29, 1.82) is 0 Å². The molecule has 0 amide bonds. The molecule has 3 heteroatoms. The minimum atomic E-state index is -0.590. The summed E-state index contributed by atoms with van der Waals surface area (Å²) < 4.78 is 4.85. The van der Waals surface area contributed by atoms with Crippen LogP contribution in [0.5, 0.6) is 0 Å². The number of carbonyl (C=O) groups is 2. The number of ketones is 1. The number of carbonyl (C=O) groups excluding carboxylic acids is 2. The molecular weight excluding hydrogens is 156 g/mol. The average molecular weight is 168 g/mol. The van der Waals surface area contributed by atoms with Crippen molar-refractivity contribution in [2.75, 3.05) is 0 Å². The lowest BCUT2D eigenvalue weighted by Crippen LogP contribution is -2.19. The highest BCUT2D eigenvalue weighted by Gasteiger charge is 2.41. The second-order valence-electron chi connectivity index (χ2n) is 2.81. The summed E-state index contributed by atoms with van der Waals surface area (Å²) >= 11 is 0. The number of esters is 1. The third-order valence-corrected chi connectivity index (χ3v) is 1.98. The van der Waals surface area contributed by atoms with Crippen LogP contribution in [0.25, 0.3) is 0 Å². The summed E-state index contributed by atoms with van der Waals surface area (Å²) in [7, 11) is 0. The Morgan fingerprint density at radius 3 is 2.67 bits per heavy atom. The summed E-state index contributed by atoms with van der Waals surface area (Å²) in [6, 6.07) is 0. The first-order valence-electron chi connectivity index (χ1n) is 4.05. The van der Waals surface area contributed by atoms with Crippen LogP contribution >= 0.6 is 0 Å². The maximum Gasteiger partial charge on any atom is 0.317 e. The first-order chi connectivity index (χ1) is 5.70. The third-order valence-electron chi connectivity index (χ3n) is 1.98. The Morgan fingerprint density at radius 2 is 2.25 bits per heavy atom. The predicted molar refractivity (Wildman–Crippen MR) is 43.5 cm³/mol. The molecule has 1 rings (SSSR count). The molecule has 1 fully saturated rings. The number of ether oxygens (including phenoxy) is 1. The van der Waals surface area contributed by atoms with Gasteiger partial charge in [0.25, 0.3) is 0 Å². The molecule has 1 aliphatic heterocycles. The lowest BCUT2D eigenvalue weighted by Gasteiger charge is -2.01. The third kappa shape index (κ3) is 1.40. The molecule has 0 aromatic carbocycles. The first kappa shape index (κ1) is 8.97. The van der Waals surface area contributed by atoms with Crippen molar-refractivity contribution in [3.05, 3.63) is 12.7 Å². The van der Waals surface area contributed by atoms with Gasteiger partial charge in [-0.3, -0.25) is 9.59 Å². The fraction of sp³-hybridized carbons (Fsp3) is 0.556. The van der Waals surface area contributed by atoms with Crippen LogP contribution in [0, 0.1) is 5.92 Å². The number of Topliss-reactive ketones (excluding diaryl/α,β-unsaturated/α-hetero) is 1. The molecule has 0 N–H and O–H groups in total. The van der Waals surface area contributed by atoms with Gasteiger partial charge in [0.05, 0.1) is 0 Å². The molecule has 12 heavy (non-hydrogen) atoms. The van der Waals surface area contributed by atoms with E-state index in [1.54, 1.807) is 6.08 Å². The molecule has 0 saturated carbocycles. The maximum atomic E-state index is 11.3. The minimum absolute atomic E-state index is 0.0950. The van der Waals surface area contributed by atoms with E-state index in [0.717, 1.165) is 0 Å². The fourth-order valence-electron chi connectivity index (χ4n) is 1.28. The van der Waals surface area contributed by atoms with E-state index in [0.29, 0.717) is 12.8 Å². The molecular formula is C9H12O3. The lowest BCUT2D eigenvalue weighted by atomic mass is 9.99. The summed E-state index contributed by atoms with van der Waals surface area (Å²) in [5.74, 6) is -1.08. The van der Waals surface area contributed by atoms with Gasteiger partial charge in [0.2, 0.25) is 0 Å². The summed E-state index contributed by atoms with van der Waals surface area (Å²) in [5, 5.41) is 0. The standard InChI is InChI=1S/C9H12O3/c1-3-5-6-8(10)7(4-2)12-9(6)11/h3,6-7H,1,4-5H2,2H3/t6-,7-/m1/s1. The van der Waals surface area contributed by atoms with Crippen molar-refractivity contribution in [3.8, 4) is 0 Å². The van der Waals surface area contributed by atoms with Gasteiger partial charge in [0.15, 0.2) is 11.9 Å². The summed E-state index contributed by atoms with van der Waals surface area (Å²) in [5.41, 5.74) is 0. The van der Waals surface area contributed by atoms with Crippen LogP contribution in [0.2, 0.25) is 0 Å². The Hall–Kier alpha value is -1.12. The van der Waals surface area contributed by atoms with Crippen molar-refractivity contribution in [2.45, 2.75) is 25.9 Å². The van der Waals surface area contributed by atoms with Gasteiger partial charge in [-0.2, -0.15) is 0 Å². The smallest absolute Gasteiger partial charge is 0.317 e. The molecule has 0 spiro atoms. The molecule has 0 bridgehead atoms. The summed E-state index contributed by atoms with van der Waals surface area (Å²) in [6.45, 7) is 5.31. The number of cyclic esters (lactones) is 1. The zero-order chi connectivity index (χ0) is 9.14. The molecule has 1 aliphatic rings. The summed E-state index contributed by atoms with van der Waals surface area (Å²) in [6.07, 6.45) is 2.02. The van der Waals surface area contributed by atoms with Crippen LogP contribution in [0.15, 0.2) is 12.7 Å². The molecule has 0 aromatic rings. The van der Waals surface area contributed by atoms with Crippen molar-refractivity contribution in [3.63, 3.8) is 0 Å². The molecule has 2 atom stereocenters. The Balaban J connectivity index is 2.70. The van der Waals surface area contributed by atoms with Crippen LogP contribution in [-0.2, 0) is 14.3 Å². The highest BCUT2D eigenvalue weighted by atomic mass is 16.6. The Bertz CT molecular complexity index is 220. The molecule has 1 saturated heterocycles. The van der Waals surface area contributed by atoms with Gasteiger partial charge in [-0.1, -0.05) is 13.0 Å². The number of rotatable bonds is 3. The van der Waals surface area contributed by atoms with E-state index in [1.807, 2.05) is 6.92 Å². The van der Waals surface area contributed by atoms with Crippen molar-refractivity contribution in [1.82, 2.24) is 0 Å². The van der Waals surface area contributed by atoms with Gasteiger partial charge >= 0.3 is 5.97 Å². The van der Waals surface area contributed by atoms with Gasteiger partial charge in [-0.25, -0.2) is 0 Å². The Kier molecular flexibility index (Phi) is 2.63. The largest absolute Gasteiger partial charge is 0.454 e. The molecule has 0 aliphatic carbocycles. The van der Waals surface area contributed by atoms with Crippen LogP contribution in [0.3, 0.4) is 0 Å². The maximum absolute atomic E-state index is 11.3. The lowest BCUT2D eigenvalue weighted by molar-refractivity contribution is -0.144. The Morgan fingerprint density at radius 1 is 1.58 bits per heavy atom. The monoisotopic (exact) mass is 168 g/mol. The summed E-state index contributed by atoms with van der Waals surface area (Å²) in [4.78, 5) is 22.4. The minimum Gasteiger partial charge on any atom is -0.454 e. The molecule has 3 nitrogen and oxygen atoms in total. The number of hydrogen-bond donors (Lipinski definition) is 0. The van der Waals surface area contributed by atoms with Crippen LogP contribution < -0.4 is 0 Å². The second kappa shape index (κ2) is 3.52. The predicted octanol–water partition coefficient (Wildman–Crippen LogP) is 1.08. The molecule has 0 aromatic heterocycles. The van der Waals surface area contributed by atoms with Gasteiger partial charge in [-0.05, 0) is 12.8 Å². The normalized spacial score (nSPS) is 28.8. The van der Waals surface area contributed by atoms with E-state index < -0.39 is 18.0 Å². The number of allylic oxidation sites excluding steroid dienone is 1. The molecule has 0 radical (unpaired) electrons. The number of hydrogen-bond acceptors (Lipinski definition) is 3. The zero-order valence-corrected chi connectivity index (χ0v) is 7.08. The quantitative estimate of drug-likeness (QED) is 0.360. The van der Waals surface area contributed by atoms with Gasteiger partial charge in [0.1, 0.15) is 5.92 Å². The van der Waals surface area contributed by atoms with E-state index in [-0.39, 0.29) is 5.78 Å². The molecule has 66 valence electrons. The highest BCUT2D eigenvalue weighted by molar-refractivity contribution is 6.06. The van der Waals surface area contributed by atoms with Crippen LogP contribution in [0.1, 0.15) is 19.8 Å².